The Hall–Kier alpha value is -5.69. The van der Waals surface area contributed by atoms with E-state index >= 15 is 8.78 Å². The molecule has 0 aliphatic carbocycles. The van der Waals surface area contributed by atoms with Crippen LogP contribution in [0.1, 0.15) is 22.4 Å². The van der Waals surface area contributed by atoms with E-state index < -0.39 is 59.6 Å². The summed E-state index contributed by atoms with van der Waals surface area (Å²) < 4.78 is 51.0. The van der Waals surface area contributed by atoms with Gasteiger partial charge in [-0.25, -0.2) is 28.6 Å². The maximum Gasteiger partial charge on any atom is 0.334 e. The zero-order chi connectivity index (χ0) is 35.2. The number of nitrogens with zero attached hydrogens (tertiary/aromatic N) is 5. The topological polar surface area (TPSA) is 98.3 Å². The van der Waals surface area contributed by atoms with E-state index in [-0.39, 0.29) is 50.8 Å². The lowest BCUT2D eigenvalue weighted by Gasteiger charge is -2.55. The van der Waals surface area contributed by atoms with Crippen molar-refractivity contribution in [1.29, 1.82) is 0 Å². The third kappa shape index (κ3) is 7.62. The second-order valence-corrected chi connectivity index (χ2v) is 11.9. The zero-order valence-corrected chi connectivity index (χ0v) is 27.1. The van der Waals surface area contributed by atoms with Crippen molar-refractivity contribution in [2.24, 2.45) is 0 Å². The fraction of sp³-hybridized carbons (Fsp3) is 0.243. The Kier molecular flexibility index (Phi) is 10.4. The number of amides is 4. The highest BCUT2D eigenvalue weighted by Gasteiger charge is 2.51. The Labute approximate surface area is 287 Å². The van der Waals surface area contributed by atoms with Gasteiger partial charge in [-0.1, -0.05) is 72.8 Å². The molecule has 6 rings (SSSR count). The van der Waals surface area contributed by atoms with Crippen LogP contribution in [0.4, 0.5) is 18.0 Å². The molecular formula is C37H35F3N6O4. The molecule has 3 heterocycles. The van der Waals surface area contributed by atoms with Crippen molar-refractivity contribution in [1.82, 2.24) is 30.1 Å². The van der Waals surface area contributed by atoms with E-state index in [0.717, 1.165) is 29.3 Å². The first-order valence-corrected chi connectivity index (χ1v) is 16.0. The van der Waals surface area contributed by atoms with Crippen LogP contribution in [0.15, 0.2) is 104 Å². The van der Waals surface area contributed by atoms with Gasteiger partial charge in [0.1, 0.15) is 36.2 Å². The first-order valence-electron chi connectivity index (χ1n) is 16.0. The first-order chi connectivity index (χ1) is 24.2. The molecule has 4 amide bonds. The fourth-order valence-electron chi connectivity index (χ4n) is 6.22. The van der Waals surface area contributed by atoms with Crippen LogP contribution >= 0.6 is 0 Å². The molecule has 2 aliphatic rings. The molecule has 3 aromatic carbocycles. The Bertz CT molecular complexity index is 1840. The van der Waals surface area contributed by atoms with Gasteiger partial charge in [0.25, 0.3) is 0 Å². The lowest BCUT2D eigenvalue weighted by molar-refractivity contribution is -0.189. The second kappa shape index (κ2) is 15.2. The molecule has 0 saturated carbocycles. The van der Waals surface area contributed by atoms with Gasteiger partial charge in [0.05, 0.1) is 25.3 Å². The van der Waals surface area contributed by atoms with Crippen LogP contribution in [0.2, 0.25) is 0 Å². The normalized spacial score (nSPS) is 17.8. The summed E-state index contributed by atoms with van der Waals surface area (Å²) in [5, 5.41) is 5.71. The van der Waals surface area contributed by atoms with E-state index in [2.05, 4.69) is 16.9 Å². The van der Waals surface area contributed by atoms with Gasteiger partial charge in [-0.15, -0.1) is 6.58 Å². The molecule has 0 unspecified atom stereocenters. The Morgan fingerprint density at radius 3 is 2.28 bits per heavy atom. The smallest absolute Gasteiger partial charge is 0.334 e. The third-order valence-electron chi connectivity index (χ3n) is 8.55. The predicted octanol–water partition coefficient (Wildman–Crippen LogP) is 4.81. The number of urea groups is 1. The minimum Gasteiger partial charge on any atom is -0.489 e. The van der Waals surface area contributed by atoms with E-state index in [1.807, 2.05) is 60.7 Å². The van der Waals surface area contributed by atoms with Crippen molar-refractivity contribution in [2.75, 3.05) is 19.6 Å². The van der Waals surface area contributed by atoms with Crippen molar-refractivity contribution in [2.45, 2.75) is 38.3 Å². The van der Waals surface area contributed by atoms with Gasteiger partial charge in [0.2, 0.25) is 17.8 Å². The minimum atomic E-state index is -1.41. The van der Waals surface area contributed by atoms with E-state index in [9.17, 15) is 18.8 Å². The highest BCUT2D eigenvalue weighted by Crippen LogP contribution is 2.31. The van der Waals surface area contributed by atoms with Gasteiger partial charge in [-0.05, 0) is 23.3 Å². The summed E-state index contributed by atoms with van der Waals surface area (Å²) in [4.78, 5) is 48.3. The van der Waals surface area contributed by atoms with Gasteiger partial charge in [-0.2, -0.15) is 4.39 Å². The summed E-state index contributed by atoms with van der Waals surface area (Å²) in [5.41, 5.74) is 1.42. The number of carbonyl (C=O) groups excluding carboxylic acids is 3. The molecule has 1 aromatic heterocycles. The molecule has 50 heavy (non-hydrogen) atoms. The summed E-state index contributed by atoms with van der Waals surface area (Å²) >= 11 is 0. The number of fused-ring (bicyclic) bond motifs is 1. The number of carbonyl (C=O) groups is 3. The lowest BCUT2D eigenvalue weighted by atomic mass is 9.97. The minimum absolute atomic E-state index is 0.0466. The van der Waals surface area contributed by atoms with Gasteiger partial charge in [-0.3, -0.25) is 9.59 Å². The number of pyridine rings is 1. The zero-order valence-electron chi connectivity index (χ0n) is 27.1. The summed E-state index contributed by atoms with van der Waals surface area (Å²) in [6.07, 6.45) is -0.0825. The fourth-order valence-corrected chi connectivity index (χ4v) is 6.22. The molecule has 258 valence electrons. The number of rotatable bonds is 11. The Morgan fingerprint density at radius 2 is 1.62 bits per heavy atom. The molecule has 0 spiro atoms. The van der Waals surface area contributed by atoms with Gasteiger partial charge in [0.15, 0.2) is 0 Å². The van der Waals surface area contributed by atoms with Crippen LogP contribution in [-0.2, 0) is 35.7 Å². The number of halogens is 3. The van der Waals surface area contributed by atoms with Gasteiger partial charge < -0.3 is 19.9 Å². The number of aromatic nitrogens is 1. The number of hydrazine groups is 1. The van der Waals surface area contributed by atoms with Crippen molar-refractivity contribution in [3.8, 4) is 5.75 Å². The molecular weight excluding hydrogens is 649 g/mol. The van der Waals surface area contributed by atoms with Crippen molar-refractivity contribution < 1.29 is 32.3 Å². The summed E-state index contributed by atoms with van der Waals surface area (Å²) in [7, 11) is 0. The third-order valence-corrected chi connectivity index (χ3v) is 8.55. The first kappa shape index (κ1) is 34.2. The molecule has 4 aromatic rings. The molecule has 13 heteroatoms. The van der Waals surface area contributed by atoms with Crippen molar-refractivity contribution >= 4 is 17.8 Å². The maximum atomic E-state index is 15.7. The number of nitrogens with one attached hydrogen (secondary N) is 1. The van der Waals surface area contributed by atoms with E-state index in [4.69, 9.17) is 4.74 Å². The monoisotopic (exact) mass is 684 g/mol. The van der Waals surface area contributed by atoms with Crippen LogP contribution in [0, 0.1) is 17.6 Å². The van der Waals surface area contributed by atoms with Crippen molar-refractivity contribution in [3.63, 3.8) is 0 Å². The number of hydrogen-bond acceptors (Lipinski definition) is 6. The summed E-state index contributed by atoms with van der Waals surface area (Å²) in [6.45, 7) is 3.48. The molecule has 2 aliphatic heterocycles. The molecule has 0 radical (unpaired) electrons. The van der Waals surface area contributed by atoms with Gasteiger partial charge >= 0.3 is 6.03 Å². The maximum absolute atomic E-state index is 15.7. The van der Waals surface area contributed by atoms with Crippen LogP contribution in [0.25, 0.3) is 0 Å². The molecule has 2 fully saturated rings. The number of ether oxygens (including phenoxy) is 1. The molecule has 1 N–H and O–H groups in total. The van der Waals surface area contributed by atoms with E-state index in [0.29, 0.717) is 0 Å². The summed E-state index contributed by atoms with van der Waals surface area (Å²) in [6, 6.07) is 22.6. The highest BCUT2D eigenvalue weighted by atomic mass is 19.1. The van der Waals surface area contributed by atoms with Crippen LogP contribution in [0.3, 0.4) is 0 Å². The number of benzene rings is 3. The molecule has 2 saturated heterocycles. The lowest BCUT2D eigenvalue weighted by Crippen LogP contribution is -2.76. The SMILES string of the molecule is C=CCN1CC(=O)N2[C@@H](Cc3c(F)cc(OCc4ccccc4)cc3F)C(=O)N(Cc3cccc(F)n3)C[C@@H]2N1C(=O)NCc1ccccc1. The van der Waals surface area contributed by atoms with Crippen LogP contribution in [0.5, 0.6) is 5.75 Å². The van der Waals surface area contributed by atoms with Gasteiger partial charge in [0, 0.05) is 37.2 Å². The highest BCUT2D eigenvalue weighted by molar-refractivity contribution is 5.91. The number of hydrogen-bond donors (Lipinski definition) is 1. The largest absolute Gasteiger partial charge is 0.489 e. The average molecular weight is 685 g/mol. The molecule has 0 bridgehead atoms. The van der Waals surface area contributed by atoms with Crippen molar-refractivity contribution in [3.05, 3.63) is 144 Å². The van der Waals surface area contributed by atoms with Crippen LogP contribution in [-0.4, -0.2) is 74.5 Å². The standard InChI is InChI=1S/C37H35F3N6O4/c1-2-16-44-23-35(47)45-32(19-29-30(38)17-28(18-31(29)39)50-24-26-12-7-4-8-13-26)36(48)43(21-27-14-9-15-33(40)42-27)22-34(45)46(44)37(49)41-20-25-10-5-3-6-11-25/h2-15,17-18,32,34H,1,16,19-24H2,(H,41,49)/t32-,34-/m0/s1. The quantitative estimate of drug-likeness (QED) is 0.180. The molecule has 2 atom stereocenters. The van der Waals surface area contributed by atoms with E-state index in [1.54, 1.807) is 0 Å². The Balaban J connectivity index is 1.32. The average Bonchev–Trinajstić information content (AvgIpc) is 3.10. The second-order valence-electron chi connectivity index (χ2n) is 11.9. The van der Waals surface area contributed by atoms with Crippen LogP contribution < -0.4 is 10.1 Å². The van der Waals surface area contributed by atoms with E-state index in [1.165, 1.54) is 38.0 Å². The predicted molar refractivity (Wildman–Crippen MR) is 177 cm³/mol. The number of piperazine rings is 1. The summed E-state index contributed by atoms with van der Waals surface area (Å²) in [5.74, 6) is -3.88. The molecule has 10 nitrogen and oxygen atoms in total. The Morgan fingerprint density at radius 1 is 0.940 bits per heavy atom.